The van der Waals surface area contributed by atoms with Crippen LogP contribution in [-0.4, -0.2) is 26.4 Å². The predicted molar refractivity (Wildman–Crippen MR) is 54.6 cm³/mol. The molecule has 0 saturated carbocycles. The predicted octanol–water partition coefficient (Wildman–Crippen LogP) is 1.08. The molecule has 0 saturated heterocycles. The van der Waals surface area contributed by atoms with Gasteiger partial charge in [0.05, 0.1) is 5.69 Å². The summed E-state index contributed by atoms with van der Waals surface area (Å²) in [7, 11) is 0. The molecule has 2 aromatic rings. The van der Waals surface area contributed by atoms with Gasteiger partial charge in [-0.25, -0.2) is 4.98 Å². The second kappa shape index (κ2) is 3.25. The summed E-state index contributed by atoms with van der Waals surface area (Å²) in [4.78, 5) is 4.31. The van der Waals surface area contributed by atoms with Crippen LogP contribution < -0.4 is 5.73 Å². The Morgan fingerprint density at radius 3 is 2.93 bits per heavy atom. The fourth-order valence-electron chi connectivity index (χ4n) is 1.24. The maximum atomic E-state index is 6.02. The zero-order chi connectivity index (χ0) is 10.3. The summed E-state index contributed by atoms with van der Waals surface area (Å²) in [5.74, 6) is 0.875. The molecule has 2 heterocycles. The van der Waals surface area contributed by atoms with Gasteiger partial charge in [0.1, 0.15) is 5.02 Å². The van der Waals surface area contributed by atoms with Crippen LogP contribution in [-0.2, 0) is 0 Å². The molecule has 76 valence electrons. The van der Waals surface area contributed by atoms with Crippen LogP contribution in [0, 0.1) is 6.92 Å². The average Bonchev–Trinajstić information content (AvgIpc) is 2.68. The summed E-state index contributed by atoms with van der Waals surface area (Å²) in [5.41, 5.74) is 7.07. The van der Waals surface area contributed by atoms with Crippen molar-refractivity contribution in [1.29, 1.82) is 0 Å². The Hall–Kier alpha value is -1.07. The van der Waals surface area contributed by atoms with Crippen molar-refractivity contribution in [3.8, 4) is 0 Å². The van der Waals surface area contributed by atoms with Gasteiger partial charge in [-0.15, -0.1) is 5.10 Å². The lowest BCUT2D eigenvalue weighted by Crippen LogP contribution is -2.10. The Morgan fingerprint density at radius 1 is 1.64 bits per heavy atom. The third kappa shape index (κ3) is 1.29. The highest BCUT2D eigenvalue weighted by Crippen LogP contribution is 2.20. The molecule has 3 N–H and O–H groups in total. The number of aromatic nitrogens is 4. The smallest absolute Gasteiger partial charge is 0.194 e. The van der Waals surface area contributed by atoms with Gasteiger partial charge in [-0.05, 0) is 6.92 Å². The highest BCUT2D eigenvalue weighted by molar-refractivity contribution is 6.34. The van der Waals surface area contributed by atoms with Gasteiger partial charge >= 0.3 is 0 Å². The van der Waals surface area contributed by atoms with E-state index in [2.05, 4.69) is 15.2 Å². The monoisotopic (exact) mass is 213 g/mol. The van der Waals surface area contributed by atoms with Crippen LogP contribution in [0.3, 0.4) is 0 Å². The first kappa shape index (κ1) is 9.48. The van der Waals surface area contributed by atoms with Crippen molar-refractivity contribution >= 4 is 17.2 Å². The number of H-pyrrole nitrogens is 1. The second-order valence-corrected chi connectivity index (χ2v) is 3.77. The van der Waals surface area contributed by atoms with E-state index >= 15 is 0 Å². The summed E-state index contributed by atoms with van der Waals surface area (Å²) in [6.45, 7) is 4.39. The zero-order valence-corrected chi connectivity index (χ0v) is 8.84. The summed E-state index contributed by atoms with van der Waals surface area (Å²) in [6, 6.07) is 0. The number of halogens is 1. The van der Waals surface area contributed by atoms with Crippen LogP contribution in [0.1, 0.15) is 24.4 Å². The summed E-state index contributed by atoms with van der Waals surface area (Å²) in [5, 5.41) is 7.87. The first-order valence-corrected chi connectivity index (χ1v) is 4.82. The van der Waals surface area contributed by atoms with Crippen molar-refractivity contribution in [3.05, 3.63) is 16.5 Å². The molecular formula is C8H12ClN5. The number of hydrogen-bond donors (Lipinski definition) is 2. The molecule has 0 amide bonds. The van der Waals surface area contributed by atoms with E-state index in [1.54, 1.807) is 4.63 Å². The normalized spacial score (nSPS) is 13.7. The second-order valence-electron chi connectivity index (χ2n) is 3.39. The van der Waals surface area contributed by atoms with Crippen LogP contribution >= 0.6 is 11.6 Å². The molecular weight excluding hydrogens is 202 g/mol. The van der Waals surface area contributed by atoms with Crippen molar-refractivity contribution in [2.45, 2.75) is 19.8 Å². The number of nitrogens with zero attached hydrogens (tertiary/aromatic N) is 3. The van der Waals surface area contributed by atoms with Crippen LogP contribution in [0.4, 0.5) is 0 Å². The van der Waals surface area contributed by atoms with Crippen molar-refractivity contribution < 1.29 is 0 Å². The molecule has 2 aromatic heterocycles. The minimum absolute atomic E-state index is 0.152. The van der Waals surface area contributed by atoms with Crippen LogP contribution in [0.25, 0.3) is 5.65 Å². The van der Waals surface area contributed by atoms with Gasteiger partial charge in [0.25, 0.3) is 0 Å². The van der Waals surface area contributed by atoms with E-state index in [4.69, 9.17) is 17.3 Å². The van der Waals surface area contributed by atoms with Gasteiger partial charge in [-0.3, -0.25) is 5.10 Å². The lowest BCUT2D eigenvalue weighted by molar-refractivity contribution is 0.687. The number of hydrogen-bond acceptors (Lipinski definition) is 3. The Bertz CT molecular complexity index is 457. The zero-order valence-electron chi connectivity index (χ0n) is 8.08. The molecule has 6 heteroatoms. The lowest BCUT2D eigenvalue weighted by atomic mass is 10.2. The van der Waals surface area contributed by atoms with Crippen LogP contribution in [0.5, 0.6) is 0 Å². The van der Waals surface area contributed by atoms with Gasteiger partial charge in [0.2, 0.25) is 0 Å². The molecule has 0 aliphatic carbocycles. The van der Waals surface area contributed by atoms with E-state index in [0.29, 0.717) is 17.2 Å². The first-order chi connectivity index (χ1) is 6.63. The number of fused-ring (bicyclic) bond motifs is 1. The van der Waals surface area contributed by atoms with E-state index in [1.807, 2.05) is 13.8 Å². The van der Waals surface area contributed by atoms with E-state index in [-0.39, 0.29) is 5.92 Å². The van der Waals surface area contributed by atoms with Crippen molar-refractivity contribution in [1.82, 2.24) is 19.8 Å². The van der Waals surface area contributed by atoms with E-state index < -0.39 is 0 Å². The Morgan fingerprint density at radius 2 is 2.36 bits per heavy atom. The minimum atomic E-state index is 0.152. The molecule has 0 fully saturated rings. The molecule has 1 unspecified atom stereocenters. The largest absolute Gasteiger partial charge is 0.330 e. The molecule has 1 atom stereocenters. The maximum absolute atomic E-state index is 6.02. The van der Waals surface area contributed by atoms with Gasteiger partial charge < -0.3 is 5.73 Å². The van der Waals surface area contributed by atoms with Crippen molar-refractivity contribution in [2.24, 2.45) is 5.73 Å². The standard InChI is InChI=1S/C8H12ClN5/c1-4(3-10)7-11-8-6(9)5(2)12-14(8)13-7/h4,12H,3,10H2,1-2H3. The number of aromatic amines is 1. The molecule has 5 nitrogen and oxygen atoms in total. The topological polar surface area (TPSA) is 72.0 Å². The molecule has 0 aromatic carbocycles. The van der Waals surface area contributed by atoms with Gasteiger partial charge in [0.15, 0.2) is 11.5 Å². The summed E-state index contributed by atoms with van der Waals surface area (Å²) in [6.07, 6.45) is 0. The molecule has 0 aliphatic heterocycles. The Balaban J connectivity index is 2.53. The minimum Gasteiger partial charge on any atom is -0.330 e. The van der Waals surface area contributed by atoms with Gasteiger partial charge in [-0.1, -0.05) is 18.5 Å². The third-order valence-electron chi connectivity index (χ3n) is 2.22. The third-order valence-corrected chi connectivity index (χ3v) is 2.67. The SMILES string of the molecule is Cc1[nH]n2nc(C(C)CN)nc2c1Cl. The molecule has 0 bridgehead atoms. The number of nitrogens with two attached hydrogens (primary N) is 1. The first-order valence-electron chi connectivity index (χ1n) is 4.44. The lowest BCUT2D eigenvalue weighted by Gasteiger charge is -2.00. The maximum Gasteiger partial charge on any atom is 0.194 e. The van der Waals surface area contributed by atoms with E-state index in [9.17, 15) is 0 Å². The quantitative estimate of drug-likeness (QED) is 0.784. The van der Waals surface area contributed by atoms with Crippen molar-refractivity contribution in [3.63, 3.8) is 0 Å². The summed E-state index contributed by atoms with van der Waals surface area (Å²) < 4.78 is 1.58. The number of rotatable bonds is 2. The fraction of sp³-hybridized carbons (Fsp3) is 0.500. The average molecular weight is 214 g/mol. The number of aryl methyl sites for hydroxylation is 1. The molecule has 0 radical (unpaired) electrons. The fourth-order valence-corrected chi connectivity index (χ4v) is 1.40. The van der Waals surface area contributed by atoms with Gasteiger partial charge in [-0.2, -0.15) is 4.63 Å². The summed E-state index contributed by atoms with van der Waals surface area (Å²) >= 11 is 6.02. The molecule has 14 heavy (non-hydrogen) atoms. The molecule has 0 aliphatic rings. The number of nitrogens with one attached hydrogen (secondary N) is 1. The Kier molecular flexibility index (Phi) is 2.20. The van der Waals surface area contributed by atoms with Crippen molar-refractivity contribution in [2.75, 3.05) is 6.54 Å². The van der Waals surface area contributed by atoms with Crippen LogP contribution in [0.2, 0.25) is 5.02 Å². The molecule has 2 rings (SSSR count). The highest BCUT2D eigenvalue weighted by Gasteiger charge is 2.14. The van der Waals surface area contributed by atoms with E-state index in [1.165, 1.54) is 0 Å². The highest BCUT2D eigenvalue weighted by atomic mass is 35.5. The van der Waals surface area contributed by atoms with E-state index in [0.717, 1.165) is 11.5 Å². The van der Waals surface area contributed by atoms with Crippen LogP contribution in [0.15, 0.2) is 0 Å². The molecule has 0 spiro atoms. The van der Waals surface area contributed by atoms with Gasteiger partial charge in [0, 0.05) is 12.5 Å². The Labute approximate surface area is 86.2 Å².